The highest BCUT2D eigenvalue weighted by Crippen LogP contribution is 2.34. The molecule has 34 heavy (non-hydrogen) atoms. The van der Waals surface area contributed by atoms with Crippen molar-refractivity contribution < 1.29 is 19.1 Å². The SMILES string of the molecule is [B]C(C)(C)CCOC(C)(C)CCC(C)(C)NC(=O)CCC(C)(C)N1C(=O)CC(SC(C)C)C1=O. The number of ether oxygens (including phenoxy) is 1. The number of carbonyl (C=O) groups is 3. The van der Waals surface area contributed by atoms with Gasteiger partial charge in [0.2, 0.25) is 17.7 Å². The number of nitrogens with one attached hydrogen (secondary N) is 1. The average Bonchev–Trinajstić information content (AvgIpc) is 2.90. The molecule has 0 spiro atoms. The van der Waals surface area contributed by atoms with Crippen molar-refractivity contribution in [1.82, 2.24) is 10.2 Å². The molecule has 1 rings (SSSR count). The first-order valence-corrected chi connectivity index (χ1v) is 13.5. The fourth-order valence-electron chi connectivity index (χ4n) is 3.98. The normalized spacial score (nSPS) is 18.2. The average molecular weight is 495 g/mol. The topological polar surface area (TPSA) is 75.7 Å². The second kappa shape index (κ2) is 11.8. The van der Waals surface area contributed by atoms with Crippen LogP contribution in [-0.4, -0.2) is 64.3 Å². The van der Waals surface area contributed by atoms with E-state index >= 15 is 0 Å². The first-order chi connectivity index (χ1) is 15.2. The summed E-state index contributed by atoms with van der Waals surface area (Å²) in [6, 6.07) is 0. The summed E-state index contributed by atoms with van der Waals surface area (Å²) in [5.74, 6) is -0.349. The van der Waals surface area contributed by atoms with Gasteiger partial charge in [-0.15, -0.1) is 11.8 Å². The fraction of sp³-hybridized carbons (Fsp3) is 0.885. The van der Waals surface area contributed by atoms with Crippen LogP contribution in [0.3, 0.4) is 0 Å². The van der Waals surface area contributed by atoms with Crippen molar-refractivity contribution in [1.29, 1.82) is 0 Å². The molecule has 1 saturated heterocycles. The molecule has 2 radical (unpaired) electrons. The summed E-state index contributed by atoms with van der Waals surface area (Å²) >= 11 is 1.53. The van der Waals surface area contributed by atoms with Crippen molar-refractivity contribution in [2.45, 2.75) is 140 Å². The van der Waals surface area contributed by atoms with E-state index in [0.717, 1.165) is 19.3 Å². The molecule has 0 aromatic heterocycles. The maximum absolute atomic E-state index is 12.8. The number of nitrogens with zero attached hydrogens (tertiary/aromatic N) is 1. The molecule has 1 fully saturated rings. The van der Waals surface area contributed by atoms with Crippen LogP contribution in [0.15, 0.2) is 0 Å². The summed E-state index contributed by atoms with van der Waals surface area (Å²) in [5, 5.41) is 2.83. The molecule has 0 aromatic rings. The quantitative estimate of drug-likeness (QED) is 0.270. The minimum Gasteiger partial charge on any atom is -0.376 e. The van der Waals surface area contributed by atoms with Gasteiger partial charge in [-0.2, -0.15) is 0 Å². The molecule has 0 bridgehead atoms. The number of thioether (sulfide) groups is 1. The van der Waals surface area contributed by atoms with Crippen LogP contribution in [0.25, 0.3) is 0 Å². The van der Waals surface area contributed by atoms with Crippen molar-refractivity contribution >= 4 is 37.3 Å². The van der Waals surface area contributed by atoms with E-state index in [1.165, 1.54) is 16.7 Å². The van der Waals surface area contributed by atoms with E-state index in [9.17, 15) is 14.4 Å². The van der Waals surface area contributed by atoms with Crippen LogP contribution in [0.4, 0.5) is 0 Å². The van der Waals surface area contributed by atoms with Crippen LogP contribution >= 0.6 is 11.8 Å². The van der Waals surface area contributed by atoms with Gasteiger partial charge in [-0.1, -0.05) is 33.0 Å². The summed E-state index contributed by atoms with van der Waals surface area (Å²) in [6.07, 6.45) is 3.26. The van der Waals surface area contributed by atoms with Gasteiger partial charge in [0.1, 0.15) is 0 Å². The lowest BCUT2D eigenvalue weighted by Crippen LogP contribution is -2.50. The van der Waals surface area contributed by atoms with Gasteiger partial charge < -0.3 is 10.1 Å². The third-order valence-corrected chi connectivity index (χ3v) is 7.42. The van der Waals surface area contributed by atoms with E-state index < -0.39 is 11.1 Å². The van der Waals surface area contributed by atoms with Gasteiger partial charge in [0.15, 0.2) is 0 Å². The molecular formula is C26H47BN2O4S. The van der Waals surface area contributed by atoms with Gasteiger partial charge in [0.25, 0.3) is 0 Å². The lowest BCUT2D eigenvalue weighted by atomic mass is 9.70. The van der Waals surface area contributed by atoms with E-state index in [4.69, 9.17) is 12.6 Å². The van der Waals surface area contributed by atoms with Gasteiger partial charge >= 0.3 is 0 Å². The largest absolute Gasteiger partial charge is 0.376 e. The maximum atomic E-state index is 12.8. The van der Waals surface area contributed by atoms with Crippen LogP contribution in [-0.2, 0) is 19.1 Å². The zero-order valence-electron chi connectivity index (χ0n) is 23.2. The molecule has 8 heteroatoms. The standard InChI is InChI=1S/C26H47BN2O4S/c1-18(2)34-19-17-21(31)29(22(19)32)25(7,8)12-11-20(30)28-24(5,6)13-14-26(9,10)33-16-15-23(3,4)27/h18-19H,11-17H2,1-10H3,(H,28,30). The van der Waals surface area contributed by atoms with E-state index in [-0.39, 0.29) is 52.0 Å². The highest BCUT2D eigenvalue weighted by Gasteiger charge is 2.46. The zero-order chi connectivity index (χ0) is 26.5. The summed E-state index contributed by atoms with van der Waals surface area (Å²) < 4.78 is 6.04. The summed E-state index contributed by atoms with van der Waals surface area (Å²) in [4.78, 5) is 39.6. The van der Waals surface area contributed by atoms with Crippen LogP contribution < -0.4 is 5.32 Å². The molecule has 1 aliphatic rings. The number of imide groups is 1. The molecule has 0 saturated carbocycles. The van der Waals surface area contributed by atoms with Crippen molar-refractivity contribution in [3.05, 3.63) is 0 Å². The van der Waals surface area contributed by atoms with E-state index in [1.807, 2.05) is 55.4 Å². The second-order valence-corrected chi connectivity index (χ2v) is 14.3. The molecular weight excluding hydrogens is 447 g/mol. The lowest BCUT2D eigenvalue weighted by molar-refractivity contribution is -0.145. The van der Waals surface area contributed by atoms with Gasteiger partial charge in [0, 0.05) is 30.5 Å². The van der Waals surface area contributed by atoms with E-state index in [0.29, 0.717) is 13.0 Å². The predicted octanol–water partition coefficient (Wildman–Crippen LogP) is 5.04. The second-order valence-electron chi connectivity index (χ2n) is 12.5. The molecule has 194 valence electrons. The Morgan fingerprint density at radius 1 is 1.06 bits per heavy atom. The molecule has 0 aromatic carbocycles. The van der Waals surface area contributed by atoms with Crippen LogP contribution in [0.2, 0.25) is 5.31 Å². The highest BCUT2D eigenvalue weighted by atomic mass is 32.2. The number of hydrogen-bond acceptors (Lipinski definition) is 5. The lowest BCUT2D eigenvalue weighted by Gasteiger charge is -2.35. The zero-order valence-corrected chi connectivity index (χ0v) is 24.0. The first kappa shape index (κ1) is 31.0. The van der Waals surface area contributed by atoms with Gasteiger partial charge in [0.05, 0.1) is 18.7 Å². The highest BCUT2D eigenvalue weighted by molar-refractivity contribution is 8.01. The van der Waals surface area contributed by atoms with Crippen LogP contribution in [0, 0.1) is 0 Å². The Bertz CT molecular complexity index is 729. The van der Waals surface area contributed by atoms with Crippen molar-refractivity contribution in [2.24, 2.45) is 0 Å². The Morgan fingerprint density at radius 2 is 1.65 bits per heavy atom. The van der Waals surface area contributed by atoms with Crippen LogP contribution in [0.5, 0.6) is 0 Å². The van der Waals surface area contributed by atoms with Gasteiger partial charge in [-0.3, -0.25) is 19.3 Å². The Kier molecular flexibility index (Phi) is 10.8. The summed E-state index contributed by atoms with van der Waals surface area (Å²) in [5.41, 5.74) is -1.40. The maximum Gasteiger partial charge on any atom is 0.243 e. The molecule has 6 nitrogen and oxygen atoms in total. The molecule has 1 unspecified atom stereocenters. The van der Waals surface area contributed by atoms with Gasteiger partial charge in [-0.05, 0) is 72.5 Å². The molecule has 1 N–H and O–H groups in total. The van der Waals surface area contributed by atoms with Crippen molar-refractivity contribution in [2.75, 3.05) is 6.61 Å². The molecule has 3 amide bonds. The number of rotatable bonds is 14. The van der Waals surface area contributed by atoms with E-state index in [2.05, 4.69) is 19.2 Å². The Hall–Kier alpha value is -1.02. The minimum atomic E-state index is -0.700. The molecule has 1 heterocycles. The van der Waals surface area contributed by atoms with E-state index in [1.54, 1.807) is 0 Å². The molecule has 1 atom stereocenters. The predicted molar refractivity (Wildman–Crippen MR) is 142 cm³/mol. The number of carbonyl (C=O) groups excluding carboxylic acids is 3. The van der Waals surface area contributed by atoms with Crippen molar-refractivity contribution in [3.8, 4) is 0 Å². The number of likely N-dealkylation sites (tertiary alicyclic amines) is 1. The van der Waals surface area contributed by atoms with Gasteiger partial charge in [-0.25, -0.2) is 0 Å². The van der Waals surface area contributed by atoms with Crippen molar-refractivity contribution in [3.63, 3.8) is 0 Å². The number of hydrogen-bond donors (Lipinski definition) is 1. The molecule has 1 aliphatic heterocycles. The third kappa shape index (κ3) is 10.7. The summed E-state index contributed by atoms with van der Waals surface area (Å²) in [7, 11) is 6.03. The smallest absolute Gasteiger partial charge is 0.243 e. The Balaban J connectivity index is 2.56. The monoisotopic (exact) mass is 494 g/mol. The van der Waals surface area contributed by atoms with Crippen LogP contribution in [0.1, 0.15) is 108 Å². The molecule has 0 aliphatic carbocycles. The summed E-state index contributed by atoms with van der Waals surface area (Å²) in [6.45, 7) is 20.5. The Labute approximate surface area is 213 Å². The number of amides is 3. The fourth-order valence-corrected chi connectivity index (χ4v) is 5.10. The third-order valence-electron chi connectivity index (χ3n) is 6.18. The Morgan fingerprint density at radius 3 is 2.18 bits per heavy atom. The minimum absolute atomic E-state index is 0.0751. The first-order valence-electron chi connectivity index (χ1n) is 12.5.